The number of hydrogen-bond donors (Lipinski definition) is 1. The van der Waals surface area contributed by atoms with Gasteiger partial charge in [0.2, 0.25) is 0 Å². The molecule has 1 aliphatic carbocycles. The summed E-state index contributed by atoms with van der Waals surface area (Å²) in [6.07, 6.45) is 2.62. The molecule has 162 valence electrons. The maximum atomic E-state index is 14.4. The van der Waals surface area contributed by atoms with Crippen LogP contribution in [-0.2, 0) is 15.7 Å². The summed E-state index contributed by atoms with van der Waals surface area (Å²) in [6, 6.07) is 8.14. The molecule has 0 radical (unpaired) electrons. The summed E-state index contributed by atoms with van der Waals surface area (Å²) in [4.78, 5) is 11.3. The van der Waals surface area contributed by atoms with Gasteiger partial charge >= 0.3 is 7.12 Å². The fourth-order valence-electron chi connectivity index (χ4n) is 3.68. The standard InChI is InChI=1S/C23H24BF2NO4/c1-22(2)23(3,4)31-24(30-22)16-6-5-14-9-13(10-15(14)11-16)12-29-18-8-7-17(25)19(20(18)26)21(27)28/h5-8,10-11H,9,12H2,1-4H3,(H2,27,28). The molecule has 0 bridgehead atoms. The predicted octanol–water partition coefficient (Wildman–Crippen LogP) is 3.38. The van der Waals surface area contributed by atoms with Gasteiger partial charge in [0.15, 0.2) is 11.6 Å². The maximum Gasteiger partial charge on any atom is 0.494 e. The van der Waals surface area contributed by atoms with Gasteiger partial charge in [-0.3, -0.25) is 4.79 Å². The molecular formula is C23H24BF2NO4. The van der Waals surface area contributed by atoms with E-state index in [4.69, 9.17) is 19.8 Å². The lowest BCUT2D eigenvalue weighted by Crippen LogP contribution is -2.41. The zero-order chi connectivity index (χ0) is 22.6. The molecule has 2 aromatic carbocycles. The second kappa shape index (κ2) is 7.46. The van der Waals surface area contributed by atoms with Crippen LogP contribution in [0.3, 0.4) is 0 Å². The van der Waals surface area contributed by atoms with Gasteiger partial charge < -0.3 is 19.8 Å². The Morgan fingerprint density at radius 1 is 1.13 bits per heavy atom. The Labute approximate surface area is 180 Å². The van der Waals surface area contributed by atoms with Crippen molar-refractivity contribution in [2.24, 2.45) is 5.73 Å². The number of primary amides is 1. The van der Waals surface area contributed by atoms with E-state index in [9.17, 15) is 13.6 Å². The lowest BCUT2D eigenvalue weighted by atomic mass is 9.78. The van der Waals surface area contributed by atoms with E-state index in [0.29, 0.717) is 6.42 Å². The largest absolute Gasteiger partial charge is 0.494 e. The quantitative estimate of drug-likeness (QED) is 0.743. The SMILES string of the molecule is CC1(C)OB(c2ccc3c(c2)C=C(COc2ccc(F)c(C(N)=O)c2F)C3)OC1(C)C. The molecule has 2 aromatic rings. The van der Waals surface area contributed by atoms with Crippen LogP contribution in [0, 0.1) is 11.6 Å². The highest BCUT2D eigenvalue weighted by molar-refractivity contribution is 6.62. The smallest absolute Gasteiger partial charge is 0.486 e. The Kier molecular flexibility index (Phi) is 5.18. The monoisotopic (exact) mass is 427 g/mol. The average molecular weight is 427 g/mol. The van der Waals surface area contributed by atoms with Gasteiger partial charge in [-0.05, 0) is 68.4 Å². The number of ether oxygens (including phenoxy) is 1. The highest BCUT2D eigenvalue weighted by atomic mass is 19.1. The van der Waals surface area contributed by atoms with E-state index in [-0.39, 0.29) is 12.4 Å². The lowest BCUT2D eigenvalue weighted by molar-refractivity contribution is 0.00578. The number of fused-ring (bicyclic) bond motifs is 1. The van der Waals surface area contributed by atoms with E-state index in [1.54, 1.807) is 0 Å². The van der Waals surface area contributed by atoms with E-state index in [2.05, 4.69) is 0 Å². The molecule has 2 aliphatic rings. The van der Waals surface area contributed by atoms with Crippen molar-refractivity contribution in [3.05, 3.63) is 64.2 Å². The van der Waals surface area contributed by atoms with Crippen molar-refractivity contribution in [3.8, 4) is 5.75 Å². The van der Waals surface area contributed by atoms with Crippen LogP contribution in [0.15, 0.2) is 35.9 Å². The van der Waals surface area contributed by atoms with Crippen LogP contribution in [-0.4, -0.2) is 30.8 Å². The molecule has 2 N–H and O–H groups in total. The van der Waals surface area contributed by atoms with Gasteiger partial charge in [-0.2, -0.15) is 0 Å². The minimum Gasteiger partial charge on any atom is -0.486 e. The summed E-state index contributed by atoms with van der Waals surface area (Å²) in [5.74, 6) is -3.50. The predicted molar refractivity (Wildman–Crippen MR) is 114 cm³/mol. The molecule has 0 atom stereocenters. The molecule has 1 aliphatic heterocycles. The molecule has 1 fully saturated rings. The van der Waals surface area contributed by atoms with Crippen molar-refractivity contribution in [2.75, 3.05) is 6.61 Å². The second-order valence-corrected chi connectivity index (χ2v) is 8.91. The van der Waals surface area contributed by atoms with E-state index in [1.165, 1.54) is 0 Å². The highest BCUT2D eigenvalue weighted by Crippen LogP contribution is 2.37. The summed E-state index contributed by atoms with van der Waals surface area (Å²) in [5.41, 5.74) is 7.38. The van der Waals surface area contributed by atoms with Crippen LogP contribution in [0.25, 0.3) is 6.08 Å². The van der Waals surface area contributed by atoms with Crippen LogP contribution in [0.2, 0.25) is 0 Å². The normalized spacial score (nSPS) is 18.6. The number of hydrogen-bond acceptors (Lipinski definition) is 4. The van der Waals surface area contributed by atoms with Crippen LogP contribution in [0.1, 0.15) is 49.2 Å². The number of halogens is 2. The zero-order valence-electron chi connectivity index (χ0n) is 17.9. The third-order valence-corrected chi connectivity index (χ3v) is 6.19. The molecule has 1 saturated heterocycles. The van der Waals surface area contributed by atoms with Gasteiger partial charge in [-0.25, -0.2) is 8.78 Å². The molecular weight excluding hydrogens is 403 g/mol. The van der Waals surface area contributed by atoms with Gasteiger partial charge in [0.05, 0.1) is 11.2 Å². The Bertz CT molecular complexity index is 1080. The maximum absolute atomic E-state index is 14.4. The molecule has 0 unspecified atom stereocenters. The summed E-state index contributed by atoms with van der Waals surface area (Å²) in [5, 5.41) is 0. The van der Waals surface area contributed by atoms with Crippen LogP contribution in [0.4, 0.5) is 8.78 Å². The fraction of sp³-hybridized carbons (Fsp3) is 0.348. The fourth-order valence-corrected chi connectivity index (χ4v) is 3.68. The van der Waals surface area contributed by atoms with E-state index in [0.717, 1.165) is 34.3 Å². The van der Waals surface area contributed by atoms with Crippen molar-refractivity contribution in [1.82, 2.24) is 0 Å². The van der Waals surface area contributed by atoms with Gasteiger partial charge in [-0.1, -0.05) is 24.3 Å². The second-order valence-electron chi connectivity index (χ2n) is 8.91. The molecule has 5 nitrogen and oxygen atoms in total. The van der Waals surface area contributed by atoms with Crippen molar-refractivity contribution in [3.63, 3.8) is 0 Å². The molecule has 0 spiro atoms. The molecule has 4 rings (SSSR count). The molecule has 1 amide bonds. The third kappa shape index (κ3) is 3.86. The Morgan fingerprint density at radius 3 is 2.45 bits per heavy atom. The first-order chi connectivity index (χ1) is 14.5. The van der Waals surface area contributed by atoms with Crippen molar-refractivity contribution in [2.45, 2.75) is 45.3 Å². The summed E-state index contributed by atoms with van der Waals surface area (Å²) < 4.78 is 45.7. The molecule has 31 heavy (non-hydrogen) atoms. The number of carbonyl (C=O) groups is 1. The lowest BCUT2D eigenvalue weighted by Gasteiger charge is -2.32. The van der Waals surface area contributed by atoms with Crippen LogP contribution in [0.5, 0.6) is 5.75 Å². The van der Waals surface area contributed by atoms with E-state index < -0.39 is 41.4 Å². The first-order valence-electron chi connectivity index (χ1n) is 10.1. The minimum atomic E-state index is -1.18. The van der Waals surface area contributed by atoms with Crippen molar-refractivity contribution < 1.29 is 27.6 Å². The van der Waals surface area contributed by atoms with E-state index >= 15 is 0 Å². The first-order valence-corrected chi connectivity index (χ1v) is 10.1. The topological polar surface area (TPSA) is 70.8 Å². The van der Waals surface area contributed by atoms with Gasteiger partial charge in [0, 0.05) is 0 Å². The van der Waals surface area contributed by atoms with Gasteiger partial charge in [0.1, 0.15) is 18.0 Å². The number of benzene rings is 2. The molecule has 0 aromatic heterocycles. The Hall–Kier alpha value is -2.71. The Balaban J connectivity index is 1.49. The first kappa shape index (κ1) is 21.5. The van der Waals surface area contributed by atoms with Crippen LogP contribution >= 0.6 is 0 Å². The third-order valence-electron chi connectivity index (χ3n) is 6.19. The average Bonchev–Trinajstić information content (AvgIpc) is 3.17. The highest BCUT2D eigenvalue weighted by Gasteiger charge is 2.51. The molecule has 1 heterocycles. The number of carbonyl (C=O) groups excluding carboxylic acids is 1. The minimum absolute atomic E-state index is 0.0985. The van der Waals surface area contributed by atoms with Crippen molar-refractivity contribution >= 4 is 24.6 Å². The van der Waals surface area contributed by atoms with Crippen molar-refractivity contribution in [1.29, 1.82) is 0 Å². The Morgan fingerprint density at radius 2 is 1.81 bits per heavy atom. The molecule has 0 saturated carbocycles. The van der Waals surface area contributed by atoms with E-state index in [1.807, 2.05) is 52.0 Å². The summed E-state index contributed by atoms with van der Waals surface area (Å²) in [7, 11) is -0.454. The van der Waals surface area contributed by atoms with Gasteiger partial charge in [0.25, 0.3) is 5.91 Å². The number of rotatable bonds is 5. The van der Waals surface area contributed by atoms with Gasteiger partial charge in [-0.15, -0.1) is 0 Å². The summed E-state index contributed by atoms with van der Waals surface area (Å²) >= 11 is 0. The van der Waals surface area contributed by atoms with Crippen LogP contribution < -0.4 is 15.9 Å². The molecule has 8 heteroatoms. The summed E-state index contributed by atoms with van der Waals surface area (Å²) in [6.45, 7) is 8.13. The number of amides is 1. The zero-order valence-corrected chi connectivity index (χ0v) is 17.9. The number of nitrogens with two attached hydrogens (primary N) is 1.